The van der Waals surface area contributed by atoms with E-state index in [2.05, 4.69) is 25.6 Å². The van der Waals surface area contributed by atoms with E-state index in [1.54, 1.807) is 13.1 Å². The third-order valence-electron chi connectivity index (χ3n) is 2.36. The van der Waals surface area contributed by atoms with Gasteiger partial charge in [-0.1, -0.05) is 11.6 Å². The molecule has 0 spiro atoms. The molecule has 1 aromatic heterocycles. The maximum atomic E-state index is 13.8. The summed E-state index contributed by atoms with van der Waals surface area (Å²) >= 11 is 5.71. The molecule has 0 saturated heterocycles. The standard InChI is InChI=1S/C13H15ClFN5O/c1-7(2)21-13-19-11(16-3)18-12(20-13)17-10-5-4-8(14)6-9(10)15/h4-7H,1-3H3,(H2,16,17,18,19,20). The molecule has 0 bridgehead atoms. The minimum absolute atomic E-state index is 0.0859. The van der Waals surface area contributed by atoms with Crippen molar-refractivity contribution in [2.75, 3.05) is 17.7 Å². The Morgan fingerprint density at radius 2 is 1.90 bits per heavy atom. The molecule has 0 radical (unpaired) electrons. The first-order valence-electron chi connectivity index (χ1n) is 6.30. The maximum absolute atomic E-state index is 13.8. The second-order valence-electron chi connectivity index (χ2n) is 4.43. The monoisotopic (exact) mass is 311 g/mol. The molecule has 0 unspecified atom stereocenters. The zero-order valence-electron chi connectivity index (χ0n) is 11.8. The van der Waals surface area contributed by atoms with Crippen LogP contribution < -0.4 is 15.4 Å². The molecule has 0 atom stereocenters. The predicted molar refractivity (Wildman–Crippen MR) is 79.8 cm³/mol. The van der Waals surface area contributed by atoms with Crippen LogP contribution in [-0.2, 0) is 0 Å². The van der Waals surface area contributed by atoms with E-state index in [-0.39, 0.29) is 23.8 Å². The van der Waals surface area contributed by atoms with Gasteiger partial charge in [-0.15, -0.1) is 0 Å². The Kier molecular flexibility index (Phi) is 4.74. The fourth-order valence-electron chi connectivity index (χ4n) is 1.50. The number of aromatic nitrogens is 3. The quantitative estimate of drug-likeness (QED) is 0.883. The molecule has 2 aromatic rings. The van der Waals surface area contributed by atoms with Crippen molar-refractivity contribution in [3.8, 4) is 6.01 Å². The minimum atomic E-state index is -0.500. The van der Waals surface area contributed by atoms with Crippen LogP contribution in [0.1, 0.15) is 13.8 Å². The number of hydrogen-bond acceptors (Lipinski definition) is 6. The van der Waals surface area contributed by atoms with Crippen LogP contribution in [0.3, 0.4) is 0 Å². The second-order valence-corrected chi connectivity index (χ2v) is 4.87. The van der Waals surface area contributed by atoms with Gasteiger partial charge < -0.3 is 15.4 Å². The molecule has 0 amide bonds. The van der Waals surface area contributed by atoms with Crippen molar-refractivity contribution in [3.63, 3.8) is 0 Å². The normalized spacial score (nSPS) is 10.6. The van der Waals surface area contributed by atoms with Crippen LogP contribution >= 0.6 is 11.6 Å². The molecule has 8 heteroatoms. The molecule has 0 aliphatic carbocycles. The Morgan fingerprint density at radius 3 is 2.52 bits per heavy atom. The van der Waals surface area contributed by atoms with E-state index in [9.17, 15) is 4.39 Å². The number of anilines is 3. The molecular weight excluding hydrogens is 297 g/mol. The number of benzene rings is 1. The van der Waals surface area contributed by atoms with E-state index in [1.165, 1.54) is 12.1 Å². The van der Waals surface area contributed by atoms with Crippen LogP contribution in [0.25, 0.3) is 0 Å². The van der Waals surface area contributed by atoms with Gasteiger partial charge in [0.05, 0.1) is 11.8 Å². The summed E-state index contributed by atoms with van der Waals surface area (Å²) < 4.78 is 19.2. The smallest absolute Gasteiger partial charge is 0.323 e. The van der Waals surface area contributed by atoms with E-state index in [0.717, 1.165) is 0 Å². The molecule has 2 rings (SSSR count). The minimum Gasteiger partial charge on any atom is -0.461 e. The largest absolute Gasteiger partial charge is 0.461 e. The third kappa shape index (κ3) is 4.16. The van der Waals surface area contributed by atoms with Gasteiger partial charge in [-0.3, -0.25) is 0 Å². The van der Waals surface area contributed by atoms with Gasteiger partial charge in [0.1, 0.15) is 5.82 Å². The van der Waals surface area contributed by atoms with Crippen molar-refractivity contribution in [2.24, 2.45) is 0 Å². The molecule has 0 fully saturated rings. The van der Waals surface area contributed by atoms with Crippen molar-refractivity contribution in [1.82, 2.24) is 15.0 Å². The number of halogens is 2. The molecule has 0 aliphatic rings. The zero-order chi connectivity index (χ0) is 15.4. The summed E-state index contributed by atoms with van der Waals surface area (Å²) in [6.07, 6.45) is -0.0859. The summed E-state index contributed by atoms with van der Waals surface area (Å²) in [7, 11) is 1.67. The lowest BCUT2D eigenvalue weighted by Gasteiger charge is -2.11. The highest BCUT2D eigenvalue weighted by atomic mass is 35.5. The first kappa shape index (κ1) is 15.2. The Balaban J connectivity index is 2.29. The summed E-state index contributed by atoms with van der Waals surface area (Å²) in [5.41, 5.74) is 0.211. The summed E-state index contributed by atoms with van der Waals surface area (Å²) in [5, 5.41) is 5.88. The van der Waals surface area contributed by atoms with Crippen LogP contribution in [0.2, 0.25) is 5.02 Å². The van der Waals surface area contributed by atoms with Crippen LogP contribution in [-0.4, -0.2) is 28.1 Å². The molecule has 1 heterocycles. The molecule has 21 heavy (non-hydrogen) atoms. The maximum Gasteiger partial charge on any atom is 0.323 e. The van der Waals surface area contributed by atoms with Gasteiger partial charge in [0.15, 0.2) is 0 Å². The summed E-state index contributed by atoms with van der Waals surface area (Å²) in [6, 6.07) is 4.43. The lowest BCUT2D eigenvalue weighted by molar-refractivity contribution is 0.222. The van der Waals surface area contributed by atoms with E-state index in [4.69, 9.17) is 16.3 Å². The van der Waals surface area contributed by atoms with E-state index >= 15 is 0 Å². The fraction of sp³-hybridized carbons (Fsp3) is 0.308. The highest BCUT2D eigenvalue weighted by molar-refractivity contribution is 6.30. The number of ether oxygens (including phenoxy) is 1. The average Bonchev–Trinajstić information content (AvgIpc) is 2.41. The molecule has 0 aliphatic heterocycles. The van der Waals surface area contributed by atoms with Crippen molar-refractivity contribution in [1.29, 1.82) is 0 Å². The van der Waals surface area contributed by atoms with Crippen molar-refractivity contribution in [2.45, 2.75) is 20.0 Å². The Morgan fingerprint density at radius 1 is 1.19 bits per heavy atom. The third-order valence-corrected chi connectivity index (χ3v) is 2.59. The molecule has 2 N–H and O–H groups in total. The van der Waals surface area contributed by atoms with Crippen molar-refractivity contribution >= 4 is 29.2 Å². The topological polar surface area (TPSA) is 72.0 Å². The summed E-state index contributed by atoms with van der Waals surface area (Å²) in [4.78, 5) is 12.2. The Hall–Kier alpha value is -2.15. The molecule has 1 aromatic carbocycles. The lowest BCUT2D eigenvalue weighted by Crippen LogP contribution is -2.12. The van der Waals surface area contributed by atoms with Crippen molar-refractivity contribution < 1.29 is 9.13 Å². The number of nitrogens with zero attached hydrogens (tertiary/aromatic N) is 3. The van der Waals surface area contributed by atoms with Gasteiger partial charge in [-0.2, -0.15) is 15.0 Å². The Labute approximate surface area is 126 Å². The zero-order valence-corrected chi connectivity index (χ0v) is 12.6. The van der Waals surface area contributed by atoms with Crippen LogP contribution in [0, 0.1) is 5.82 Å². The van der Waals surface area contributed by atoms with Crippen LogP contribution in [0.4, 0.5) is 22.0 Å². The first-order chi connectivity index (χ1) is 9.97. The number of rotatable bonds is 5. The highest BCUT2D eigenvalue weighted by Gasteiger charge is 2.10. The molecule has 112 valence electrons. The van der Waals surface area contributed by atoms with E-state index in [1.807, 2.05) is 13.8 Å². The van der Waals surface area contributed by atoms with Gasteiger partial charge in [0.25, 0.3) is 0 Å². The first-order valence-corrected chi connectivity index (χ1v) is 6.68. The Bertz CT molecular complexity index is 638. The van der Waals surface area contributed by atoms with Crippen LogP contribution in [0.5, 0.6) is 6.01 Å². The second kappa shape index (κ2) is 6.53. The van der Waals surface area contributed by atoms with Gasteiger partial charge in [-0.05, 0) is 32.0 Å². The highest BCUT2D eigenvalue weighted by Crippen LogP contribution is 2.22. The summed E-state index contributed by atoms with van der Waals surface area (Å²) in [6.45, 7) is 3.71. The predicted octanol–water partition coefficient (Wildman–Crippen LogP) is 3.24. The number of hydrogen-bond donors (Lipinski definition) is 2. The van der Waals surface area contributed by atoms with Crippen molar-refractivity contribution in [3.05, 3.63) is 29.0 Å². The summed E-state index contributed by atoms with van der Waals surface area (Å²) in [5.74, 6) is -0.0102. The van der Waals surface area contributed by atoms with E-state index in [0.29, 0.717) is 11.0 Å². The lowest BCUT2D eigenvalue weighted by atomic mass is 10.3. The molecule has 0 saturated carbocycles. The van der Waals surface area contributed by atoms with Gasteiger partial charge in [-0.25, -0.2) is 4.39 Å². The van der Waals surface area contributed by atoms with E-state index < -0.39 is 5.82 Å². The van der Waals surface area contributed by atoms with Crippen LogP contribution in [0.15, 0.2) is 18.2 Å². The SMILES string of the molecule is CNc1nc(Nc2ccc(Cl)cc2F)nc(OC(C)C)n1. The van der Waals surface area contributed by atoms with Gasteiger partial charge >= 0.3 is 6.01 Å². The molecule has 6 nitrogen and oxygen atoms in total. The molecular formula is C13H15ClFN5O. The number of nitrogens with one attached hydrogen (secondary N) is 2. The fourth-order valence-corrected chi connectivity index (χ4v) is 1.66. The average molecular weight is 312 g/mol. The van der Waals surface area contributed by atoms with Gasteiger partial charge in [0, 0.05) is 12.1 Å². The van der Waals surface area contributed by atoms with Gasteiger partial charge in [0.2, 0.25) is 11.9 Å².